The predicted molar refractivity (Wildman–Crippen MR) is 109 cm³/mol. The van der Waals surface area contributed by atoms with E-state index >= 15 is 0 Å². The first-order chi connectivity index (χ1) is 14.6. The zero-order valence-electron chi connectivity index (χ0n) is 16.7. The summed E-state index contributed by atoms with van der Waals surface area (Å²) < 4.78 is 9.05. The fourth-order valence-corrected chi connectivity index (χ4v) is 4.47. The van der Waals surface area contributed by atoms with Crippen LogP contribution in [0, 0.1) is 17.2 Å². The van der Waals surface area contributed by atoms with E-state index in [0.717, 1.165) is 30.4 Å². The summed E-state index contributed by atoms with van der Waals surface area (Å²) in [5.74, 6) is 0.902. The Morgan fingerprint density at radius 2 is 2.07 bits per heavy atom. The van der Waals surface area contributed by atoms with Crippen LogP contribution < -0.4 is 10.5 Å². The molecular formula is C21H23N7O2. The molecule has 1 saturated carbocycles. The van der Waals surface area contributed by atoms with Gasteiger partial charge in [-0.15, -0.1) is 0 Å². The van der Waals surface area contributed by atoms with Crippen molar-refractivity contribution in [1.82, 2.24) is 24.3 Å². The number of hydrogen-bond donors (Lipinski definition) is 1. The Bertz CT molecular complexity index is 1150. The van der Waals surface area contributed by atoms with Crippen LogP contribution in [0.25, 0.3) is 16.6 Å². The highest BCUT2D eigenvalue weighted by molar-refractivity contribution is 5.80. The van der Waals surface area contributed by atoms with Gasteiger partial charge in [0.15, 0.2) is 0 Å². The van der Waals surface area contributed by atoms with Crippen molar-refractivity contribution in [2.45, 2.75) is 31.3 Å². The summed E-state index contributed by atoms with van der Waals surface area (Å²) in [5.41, 5.74) is 8.89. The van der Waals surface area contributed by atoms with Crippen molar-refractivity contribution in [2.75, 3.05) is 20.2 Å². The summed E-state index contributed by atoms with van der Waals surface area (Å²) in [6.07, 6.45) is 9.82. The van der Waals surface area contributed by atoms with Gasteiger partial charge >= 0.3 is 0 Å². The lowest BCUT2D eigenvalue weighted by molar-refractivity contribution is -0.141. The number of likely N-dealkylation sites (tertiary alicyclic amines) is 1. The summed E-state index contributed by atoms with van der Waals surface area (Å²) in [6.45, 7) is 1.36. The molecule has 0 radical (unpaired) electrons. The molecule has 1 aliphatic heterocycles. The number of nitrogens with zero attached hydrogens (tertiary/aromatic N) is 6. The van der Waals surface area contributed by atoms with Crippen LogP contribution in [0.15, 0.2) is 30.9 Å². The molecule has 5 rings (SSSR count). The molecule has 0 spiro atoms. The first-order valence-electron chi connectivity index (χ1n) is 10.1. The lowest BCUT2D eigenvalue weighted by atomic mass is 10.0. The molecule has 1 amide bonds. The van der Waals surface area contributed by atoms with Gasteiger partial charge in [0.1, 0.15) is 22.9 Å². The van der Waals surface area contributed by atoms with E-state index in [-0.39, 0.29) is 23.9 Å². The summed E-state index contributed by atoms with van der Waals surface area (Å²) in [6, 6.07) is 4.37. The van der Waals surface area contributed by atoms with Crippen molar-refractivity contribution in [2.24, 2.45) is 11.7 Å². The van der Waals surface area contributed by atoms with E-state index in [0.29, 0.717) is 29.9 Å². The summed E-state index contributed by atoms with van der Waals surface area (Å²) >= 11 is 0. The fraction of sp³-hybridized carbons (Fsp3) is 0.429. The topological polar surface area (TPSA) is 114 Å². The minimum absolute atomic E-state index is 0.0840. The fourth-order valence-electron chi connectivity index (χ4n) is 4.47. The Labute approximate surface area is 173 Å². The number of carbonyl (C=O) groups excluding carboxylic acids is 1. The van der Waals surface area contributed by atoms with E-state index in [1.807, 2.05) is 28.0 Å². The number of aromatic nitrogens is 4. The smallest absolute Gasteiger partial charge is 0.225 e. The average Bonchev–Trinajstić information content (AvgIpc) is 3.45. The predicted octanol–water partition coefficient (Wildman–Crippen LogP) is 1.59. The standard InChI is InChI=1S/C21H23N7O2/c1-30-19-5-14(9-28-20(19)15(6-22)7-25-28)16-8-24-27(10-16)18-11-26(12-18)21(29)13-2-3-17(23)4-13/h5,7-10,13,17-18H,2-4,11-12,23H2,1H3/t13-,17-/m0/s1. The zero-order chi connectivity index (χ0) is 20.8. The second kappa shape index (κ2) is 7.15. The van der Waals surface area contributed by atoms with E-state index in [1.54, 1.807) is 17.8 Å². The molecule has 154 valence electrons. The molecule has 2 atom stereocenters. The van der Waals surface area contributed by atoms with Crippen LogP contribution in [0.1, 0.15) is 30.9 Å². The number of hydrogen-bond acceptors (Lipinski definition) is 6. The van der Waals surface area contributed by atoms with Gasteiger partial charge in [0.25, 0.3) is 0 Å². The number of fused-ring (bicyclic) bond motifs is 1. The Kier molecular flexibility index (Phi) is 4.44. The van der Waals surface area contributed by atoms with Crippen molar-refractivity contribution < 1.29 is 9.53 Å². The van der Waals surface area contributed by atoms with Crippen molar-refractivity contribution in [3.05, 3.63) is 36.4 Å². The molecule has 9 nitrogen and oxygen atoms in total. The Morgan fingerprint density at radius 3 is 2.77 bits per heavy atom. The highest BCUT2D eigenvalue weighted by Gasteiger charge is 2.38. The molecule has 3 aromatic rings. The van der Waals surface area contributed by atoms with Gasteiger partial charge in [0.05, 0.1) is 25.5 Å². The number of nitrogens with two attached hydrogens (primary N) is 1. The Hall–Kier alpha value is -3.38. The second-order valence-corrected chi connectivity index (χ2v) is 8.14. The maximum Gasteiger partial charge on any atom is 0.225 e. The van der Waals surface area contributed by atoms with Gasteiger partial charge in [0, 0.05) is 48.6 Å². The molecule has 2 fully saturated rings. The van der Waals surface area contributed by atoms with Crippen molar-refractivity contribution >= 4 is 11.4 Å². The summed E-state index contributed by atoms with van der Waals surface area (Å²) in [7, 11) is 1.58. The summed E-state index contributed by atoms with van der Waals surface area (Å²) in [4.78, 5) is 14.5. The Balaban J connectivity index is 1.32. The third kappa shape index (κ3) is 3.00. The first-order valence-corrected chi connectivity index (χ1v) is 10.1. The minimum atomic E-state index is 0.0840. The highest BCUT2D eigenvalue weighted by Crippen LogP contribution is 2.32. The van der Waals surface area contributed by atoms with Crippen LogP contribution in [0.5, 0.6) is 5.75 Å². The lowest BCUT2D eigenvalue weighted by Gasteiger charge is -2.40. The van der Waals surface area contributed by atoms with Crippen LogP contribution in [0.3, 0.4) is 0 Å². The van der Waals surface area contributed by atoms with Crippen molar-refractivity contribution in [3.63, 3.8) is 0 Å². The number of pyridine rings is 1. The van der Waals surface area contributed by atoms with Gasteiger partial charge in [-0.25, -0.2) is 4.52 Å². The number of nitriles is 1. The van der Waals surface area contributed by atoms with Gasteiger partial charge in [-0.3, -0.25) is 9.48 Å². The monoisotopic (exact) mass is 405 g/mol. The van der Waals surface area contributed by atoms with E-state index in [2.05, 4.69) is 16.3 Å². The zero-order valence-corrected chi connectivity index (χ0v) is 16.7. The molecule has 9 heteroatoms. The number of rotatable bonds is 4. The maximum absolute atomic E-state index is 12.6. The van der Waals surface area contributed by atoms with Crippen LogP contribution in [-0.4, -0.2) is 56.4 Å². The van der Waals surface area contributed by atoms with E-state index < -0.39 is 0 Å². The minimum Gasteiger partial charge on any atom is -0.494 e. The molecular weight excluding hydrogens is 382 g/mol. The quantitative estimate of drug-likeness (QED) is 0.705. The molecule has 1 saturated heterocycles. The number of methoxy groups -OCH3 is 1. The molecule has 3 aromatic heterocycles. The lowest BCUT2D eigenvalue weighted by Crippen LogP contribution is -2.52. The van der Waals surface area contributed by atoms with Crippen molar-refractivity contribution in [3.8, 4) is 22.9 Å². The van der Waals surface area contributed by atoms with Gasteiger partial charge in [0.2, 0.25) is 5.91 Å². The highest BCUT2D eigenvalue weighted by atomic mass is 16.5. The molecule has 0 unspecified atom stereocenters. The SMILES string of the molecule is COc1cc(-c2cnn(C3CN(C(=O)[C@H]4CC[C@H](N)C4)C3)c2)cn2ncc(C#N)c12. The molecule has 2 aliphatic rings. The van der Waals surface area contributed by atoms with Crippen LogP contribution in [-0.2, 0) is 4.79 Å². The molecule has 1 aliphatic carbocycles. The maximum atomic E-state index is 12.6. The number of ether oxygens (including phenoxy) is 1. The van der Waals surface area contributed by atoms with E-state index in [1.165, 1.54) is 6.20 Å². The van der Waals surface area contributed by atoms with Gasteiger partial charge in [-0.1, -0.05) is 0 Å². The van der Waals surface area contributed by atoms with E-state index in [9.17, 15) is 10.1 Å². The average molecular weight is 405 g/mol. The number of amides is 1. The van der Waals surface area contributed by atoms with Gasteiger partial charge in [-0.2, -0.15) is 15.5 Å². The first kappa shape index (κ1) is 18.6. The van der Waals surface area contributed by atoms with Gasteiger partial charge in [-0.05, 0) is 25.3 Å². The van der Waals surface area contributed by atoms with Gasteiger partial charge < -0.3 is 15.4 Å². The molecule has 2 N–H and O–H groups in total. The van der Waals surface area contributed by atoms with Crippen LogP contribution in [0.2, 0.25) is 0 Å². The molecule has 30 heavy (non-hydrogen) atoms. The third-order valence-corrected chi connectivity index (χ3v) is 6.22. The number of carbonyl (C=O) groups is 1. The van der Waals surface area contributed by atoms with Crippen LogP contribution >= 0.6 is 0 Å². The molecule has 4 heterocycles. The summed E-state index contributed by atoms with van der Waals surface area (Å²) in [5, 5.41) is 18.0. The third-order valence-electron chi connectivity index (χ3n) is 6.22. The normalized spacial score (nSPS) is 21.6. The van der Waals surface area contributed by atoms with Crippen LogP contribution in [0.4, 0.5) is 0 Å². The Morgan fingerprint density at radius 1 is 1.23 bits per heavy atom. The van der Waals surface area contributed by atoms with E-state index in [4.69, 9.17) is 10.5 Å². The molecule has 0 aromatic carbocycles. The largest absolute Gasteiger partial charge is 0.494 e. The molecule has 0 bridgehead atoms. The van der Waals surface area contributed by atoms with Crippen molar-refractivity contribution in [1.29, 1.82) is 5.26 Å². The second-order valence-electron chi connectivity index (χ2n) is 8.14.